The van der Waals surface area contributed by atoms with Crippen molar-refractivity contribution in [2.75, 3.05) is 6.54 Å². The lowest BCUT2D eigenvalue weighted by molar-refractivity contribution is -0.132. The standard InChI is InChI=1S/C18H35NO/c1-13(2)11-18(9-7-8-10-18)17(20)19-12-16(14(3)4)15(5)6/h13-16H,7-12H2,1-6H3,(H,19,20). The van der Waals surface area contributed by atoms with Crippen molar-refractivity contribution in [3.8, 4) is 0 Å². The molecule has 1 saturated carbocycles. The molecule has 0 unspecified atom stereocenters. The van der Waals surface area contributed by atoms with Gasteiger partial charge in [-0.25, -0.2) is 0 Å². The Bertz CT molecular complexity index is 293. The van der Waals surface area contributed by atoms with Gasteiger partial charge in [0.15, 0.2) is 0 Å². The molecule has 0 aliphatic heterocycles. The summed E-state index contributed by atoms with van der Waals surface area (Å²) in [6, 6.07) is 0. The Morgan fingerprint density at radius 1 is 1.00 bits per heavy atom. The number of carbonyl (C=O) groups excluding carboxylic acids is 1. The van der Waals surface area contributed by atoms with E-state index in [1.54, 1.807) is 0 Å². The number of amides is 1. The first-order valence-electron chi connectivity index (χ1n) is 8.57. The average Bonchev–Trinajstić information content (AvgIpc) is 2.76. The summed E-state index contributed by atoms with van der Waals surface area (Å²) in [5, 5.41) is 3.29. The van der Waals surface area contributed by atoms with Crippen molar-refractivity contribution in [3.63, 3.8) is 0 Å². The van der Waals surface area contributed by atoms with Crippen LogP contribution in [-0.4, -0.2) is 12.5 Å². The number of carbonyl (C=O) groups is 1. The minimum atomic E-state index is -0.0628. The summed E-state index contributed by atoms with van der Waals surface area (Å²) in [6.07, 6.45) is 5.67. The lowest BCUT2D eigenvalue weighted by atomic mass is 9.77. The second-order valence-corrected chi connectivity index (χ2v) is 7.95. The van der Waals surface area contributed by atoms with Crippen LogP contribution in [0.5, 0.6) is 0 Å². The Hall–Kier alpha value is -0.530. The van der Waals surface area contributed by atoms with Crippen LogP contribution in [0.2, 0.25) is 0 Å². The van der Waals surface area contributed by atoms with Gasteiger partial charge in [0.05, 0.1) is 0 Å². The van der Waals surface area contributed by atoms with E-state index in [1.807, 2.05) is 0 Å². The fourth-order valence-corrected chi connectivity index (χ4v) is 4.00. The SMILES string of the molecule is CC(C)CC1(C(=O)NCC(C(C)C)C(C)C)CCCC1. The van der Waals surface area contributed by atoms with Gasteiger partial charge in [0.1, 0.15) is 0 Å². The molecule has 1 aliphatic carbocycles. The highest BCUT2D eigenvalue weighted by Gasteiger charge is 2.41. The topological polar surface area (TPSA) is 29.1 Å². The van der Waals surface area contributed by atoms with E-state index in [1.165, 1.54) is 12.8 Å². The molecule has 118 valence electrons. The Morgan fingerprint density at radius 3 is 1.90 bits per heavy atom. The maximum Gasteiger partial charge on any atom is 0.226 e. The molecule has 1 amide bonds. The molecular formula is C18H35NO. The van der Waals surface area contributed by atoms with E-state index < -0.39 is 0 Å². The predicted octanol–water partition coefficient (Wildman–Crippen LogP) is 4.64. The molecule has 2 heteroatoms. The first-order chi connectivity index (χ1) is 9.28. The van der Waals surface area contributed by atoms with Crippen molar-refractivity contribution >= 4 is 5.91 Å². The van der Waals surface area contributed by atoms with E-state index in [0.29, 0.717) is 29.6 Å². The highest BCUT2D eigenvalue weighted by Crippen LogP contribution is 2.43. The van der Waals surface area contributed by atoms with E-state index >= 15 is 0 Å². The van der Waals surface area contributed by atoms with Crippen molar-refractivity contribution in [1.82, 2.24) is 5.32 Å². The molecule has 0 spiro atoms. The minimum absolute atomic E-state index is 0.0628. The summed E-state index contributed by atoms with van der Waals surface area (Å²) in [4.78, 5) is 12.7. The lowest BCUT2D eigenvalue weighted by Gasteiger charge is -2.32. The van der Waals surface area contributed by atoms with Crippen LogP contribution in [0.4, 0.5) is 0 Å². The second kappa shape index (κ2) is 7.47. The molecule has 20 heavy (non-hydrogen) atoms. The summed E-state index contributed by atoms with van der Waals surface area (Å²) >= 11 is 0. The monoisotopic (exact) mass is 281 g/mol. The molecule has 0 aromatic carbocycles. The normalized spacial score (nSPS) is 18.5. The maximum atomic E-state index is 12.7. The Morgan fingerprint density at radius 2 is 1.50 bits per heavy atom. The van der Waals surface area contributed by atoms with Crippen LogP contribution in [0.1, 0.15) is 73.6 Å². The van der Waals surface area contributed by atoms with Crippen LogP contribution in [0, 0.1) is 29.1 Å². The number of hydrogen-bond donors (Lipinski definition) is 1. The van der Waals surface area contributed by atoms with Crippen molar-refractivity contribution in [2.24, 2.45) is 29.1 Å². The number of hydrogen-bond acceptors (Lipinski definition) is 1. The van der Waals surface area contributed by atoms with Crippen LogP contribution in [0.25, 0.3) is 0 Å². The van der Waals surface area contributed by atoms with Crippen LogP contribution < -0.4 is 5.32 Å². The van der Waals surface area contributed by atoms with Gasteiger partial charge in [0.2, 0.25) is 5.91 Å². The smallest absolute Gasteiger partial charge is 0.226 e. The third kappa shape index (κ3) is 4.49. The van der Waals surface area contributed by atoms with Crippen LogP contribution >= 0.6 is 0 Å². The van der Waals surface area contributed by atoms with Gasteiger partial charge in [-0.3, -0.25) is 4.79 Å². The first kappa shape index (κ1) is 17.5. The zero-order valence-electron chi connectivity index (χ0n) is 14.5. The van der Waals surface area contributed by atoms with Crippen LogP contribution in [0.3, 0.4) is 0 Å². The van der Waals surface area contributed by atoms with Gasteiger partial charge in [-0.15, -0.1) is 0 Å². The van der Waals surface area contributed by atoms with Gasteiger partial charge in [-0.1, -0.05) is 54.4 Å². The molecule has 0 radical (unpaired) electrons. The number of nitrogens with one attached hydrogen (secondary N) is 1. The van der Waals surface area contributed by atoms with E-state index in [4.69, 9.17) is 0 Å². The highest BCUT2D eigenvalue weighted by molar-refractivity contribution is 5.82. The molecular weight excluding hydrogens is 246 g/mol. The fourth-order valence-electron chi connectivity index (χ4n) is 4.00. The molecule has 2 nitrogen and oxygen atoms in total. The van der Waals surface area contributed by atoms with Gasteiger partial charge < -0.3 is 5.32 Å². The summed E-state index contributed by atoms with van der Waals surface area (Å²) in [7, 11) is 0. The molecule has 1 N–H and O–H groups in total. The van der Waals surface area contributed by atoms with Crippen molar-refractivity contribution in [3.05, 3.63) is 0 Å². The molecule has 0 atom stereocenters. The molecule has 0 bridgehead atoms. The highest BCUT2D eigenvalue weighted by atomic mass is 16.2. The summed E-state index contributed by atoms with van der Waals surface area (Å²) in [5.74, 6) is 2.76. The number of rotatable bonds is 7. The summed E-state index contributed by atoms with van der Waals surface area (Å²) in [6.45, 7) is 14.4. The van der Waals surface area contributed by atoms with E-state index in [0.717, 1.165) is 25.8 Å². The molecule has 0 heterocycles. The zero-order valence-corrected chi connectivity index (χ0v) is 14.5. The summed E-state index contributed by atoms with van der Waals surface area (Å²) < 4.78 is 0. The minimum Gasteiger partial charge on any atom is -0.355 e. The van der Waals surface area contributed by atoms with Crippen LogP contribution in [0.15, 0.2) is 0 Å². The second-order valence-electron chi connectivity index (χ2n) is 7.95. The molecule has 1 aliphatic rings. The van der Waals surface area contributed by atoms with Crippen molar-refractivity contribution in [1.29, 1.82) is 0 Å². The van der Waals surface area contributed by atoms with Gasteiger partial charge in [0, 0.05) is 12.0 Å². The van der Waals surface area contributed by atoms with E-state index in [2.05, 4.69) is 46.9 Å². The lowest BCUT2D eigenvalue weighted by Crippen LogP contribution is -2.43. The maximum absolute atomic E-state index is 12.7. The third-order valence-electron chi connectivity index (χ3n) is 5.05. The van der Waals surface area contributed by atoms with Crippen molar-refractivity contribution in [2.45, 2.75) is 73.6 Å². The molecule has 0 aromatic heterocycles. The largest absolute Gasteiger partial charge is 0.355 e. The van der Waals surface area contributed by atoms with Crippen molar-refractivity contribution < 1.29 is 4.79 Å². The van der Waals surface area contributed by atoms with Gasteiger partial charge >= 0.3 is 0 Å². The van der Waals surface area contributed by atoms with Gasteiger partial charge in [-0.05, 0) is 42.9 Å². The molecule has 1 fully saturated rings. The van der Waals surface area contributed by atoms with E-state index in [-0.39, 0.29) is 5.41 Å². The first-order valence-corrected chi connectivity index (χ1v) is 8.57. The fraction of sp³-hybridized carbons (Fsp3) is 0.944. The third-order valence-corrected chi connectivity index (χ3v) is 5.05. The van der Waals surface area contributed by atoms with Gasteiger partial charge in [-0.2, -0.15) is 0 Å². The molecule has 1 rings (SSSR count). The molecule has 0 aromatic rings. The summed E-state index contributed by atoms with van der Waals surface area (Å²) in [5.41, 5.74) is -0.0628. The Labute approximate surface area is 126 Å². The van der Waals surface area contributed by atoms with Gasteiger partial charge in [0.25, 0.3) is 0 Å². The van der Waals surface area contributed by atoms with Crippen LogP contribution in [-0.2, 0) is 4.79 Å². The average molecular weight is 281 g/mol. The predicted molar refractivity (Wildman–Crippen MR) is 86.5 cm³/mol. The molecule has 0 saturated heterocycles. The zero-order chi connectivity index (χ0) is 15.3. The Kier molecular flexibility index (Phi) is 6.54. The quantitative estimate of drug-likeness (QED) is 0.724. The Balaban J connectivity index is 2.63. The van der Waals surface area contributed by atoms with E-state index in [9.17, 15) is 4.79 Å².